The maximum absolute atomic E-state index is 13.6. The van der Waals surface area contributed by atoms with Gasteiger partial charge in [-0.2, -0.15) is 0 Å². The monoisotopic (exact) mass is 610 g/mol. The Balaban J connectivity index is 1.53. The lowest BCUT2D eigenvalue weighted by Gasteiger charge is -2.44. The van der Waals surface area contributed by atoms with E-state index in [0.717, 1.165) is 4.90 Å². The van der Waals surface area contributed by atoms with Gasteiger partial charge >= 0.3 is 0 Å². The Hall–Kier alpha value is -2.81. The number of non-ortho nitro benzene ring substituents is 1. The van der Waals surface area contributed by atoms with Crippen LogP contribution in [0.2, 0.25) is 0 Å². The molecule has 0 radical (unpaired) electrons. The summed E-state index contributed by atoms with van der Waals surface area (Å²) in [6, 6.07) is 8.57. The number of hydrogen-bond donors (Lipinski definition) is 3. The molecule has 190 valence electrons. The molecule has 2 aromatic carbocycles. The van der Waals surface area contributed by atoms with Crippen molar-refractivity contribution in [2.75, 3.05) is 18.6 Å². The SMILES string of the molecule is COc1cc([C@@H]2C[C@H]3[C@H]4C(=O)N(c5cccc([N+](=O)[O-])c5)C(=O)[C@H]4C[C@H](CO)[C@@]3(O)O2)cc(I)c1O. The number of halogens is 1. The maximum atomic E-state index is 13.6. The number of amides is 2. The summed E-state index contributed by atoms with van der Waals surface area (Å²) in [7, 11) is 1.41. The Labute approximate surface area is 218 Å². The topological polar surface area (TPSA) is 160 Å². The first-order chi connectivity index (χ1) is 17.1. The molecule has 0 aromatic heterocycles. The number of anilines is 1. The Morgan fingerprint density at radius 3 is 2.67 bits per heavy atom. The minimum absolute atomic E-state index is 0.0212. The summed E-state index contributed by atoms with van der Waals surface area (Å²) in [5.74, 6) is -6.13. The summed E-state index contributed by atoms with van der Waals surface area (Å²) in [5.41, 5.74) is 0.441. The molecule has 0 unspecified atom stereocenters. The largest absolute Gasteiger partial charge is 0.504 e. The molecule has 3 N–H and O–H groups in total. The van der Waals surface area contributed by atoms with Crippen LogP contribution in [0.3, 0.4) is 0 Å². The number of carbonyl (C=O) groups excluding carboxylic acids is 2. The molecule has 0 bridgehead atoms. The number of nitro groups is 1. The molecule has 36 heavy (non-hydrogen) atoms. The molecule has 2 saturated heterocycles. The van der Waals surface area contributed by atoms with Crippen LogP contribution in [0.15, 0.2) is 36.4 Å². The zero-order valence-electron chi connectivity index (χ0n) is 19.0. The number of rotatable bonds is 5. The van der Waals surface area contributed by atoms with Crippen molar-refractivity contribution in [2.24, 2.45) is 23.7 Å². The quantitative estimate of drug-likeness (QED) is 0.200. The Morgan fingerprint density at radius 2 is 2.00 bits per heavy atom. The molecule has 6 atom stereocenters. The zero-order valence-corrected chi connectivity index (χ0v) is 21.2. The van der Waals surface area contributed by atoms with E-state index in [4.69, 9.17) is 9.47 Å². The van der Waals surface area contributed by atoms with Gasteiger partial charge in [0.25, 0.3) is 5.69 Å². The molecule has 5 rings (SSSR count). The van der Waals surface area contributed by atoms with Crippen LogP contribution >= 0.6 is 22.6 Å². The number of aromatic hydroxyl groups is 1. The highest BCUT2D eigenvalue weighted by Gasteiger charge is 2.66. The molecule has 2 heterocycles. The van der Waals surface area contributed by atoms with Gasteiger partial charge in [0.05, 0.1) is 45.8 Å². The normalized spacial score (nSPS) is 31.3. The van der Waals surface area contributed by atoms with E-state index in [1.54, 1.807) is 12.1 Å². The van der Waals surface area contributed by atoms with Gasteiger partial charge in [-0.25, -0.2) is 4.90 Å². The average molecular weight is 610 g/mol. The van der Waals surface area contributed by atoms with E-state index in [0.29, 0.717) is 9.13 Å². The molecule has 3 fully saturated rings. The first-order valence-electron chi connectivity index (χ1n) is 11.3. The second-order valence-corrected chi connectivity index (χ2v) is 10.5. The zero-order chi connectivity index (χ0) is 25.9. The number of ether oxygens (including phenoxy) is 2. The molecular formula is C24H23IN2O9. The van der Waals surface area contributed by atoms with Crippen LogP contribution in [-0.4, -0.2) is 51.6 Å². The highest BCUT2D eigenvalue weighted by atomic mass is 127. The van der Waals surface area contributed by atoms with Crippen molar-refractivity contribution < 1.29 is 39.3 Å². The number of phenolic OH excluding ortho intramolecular Hbond substituents is 1. The second-order valence-electron chi connectivity index (χ2n) is 9.29. The highest BCUT2D eigenvalue weighted by molar-refractivity contribution is 14.1. The van der Waals surface area contributed by atoms with Crippen LogP contribution in [0.4, 0.5) is 11.4 Å². The number of carbonyl (C=O) groups is 2. The molecule has 0 spiro atoms. The van der Waals surface area contributed by atoms with E-state index in [9.17, 15) is 35.0 Å². The van der Waals surface area contributed by atoms with Gasteiger partial charge < -0.3 is 24.8 Å². The van der Waals surface area contributed by atoms with Gasteiger partial charge in [0.2, 0.25) is 11.8 Å². The van der Waals surface area contributed by atoms with Crippen molar-refractivity contribution in [1.29, 1.82) is 0 Å². The van der Waals surface area contributed by atoms with E-state index in [1.165, 1.54) is 31.4 Å². The smallest absolute Gasteiger partial charge is 0.271 e. The summed E-state index contributed by atoms with van der Waals surface area (Å²) < 4.78 is 11.8. The van der Waals surface area contributed by atoms with Crippen molar-refractivity contribution in [1.82, 2.24) is 0 Å². The van der Waals surface area contributed by atoms with Crippen molar-refractivity contribution in [2.45, 2.75) is 24.7 Å². The van der Waals surface area contributed by atoms with Gasteiger partial charge in [-0.15, -0.1) is 0 Å². The van der Waals surface area contributed by atoms with Gasteiger partial charge in [-0.05, 0) is 59.2 Å². The number of aliphatic hydroxyl groups excluding tert-OH is 1. The van der Waals surface area contributed by atoms with Gasteiger partial charge in [0.15, 0.2) is 17.3 Å². The molecule has 3 aliphatic rings. The molecule has 1 aliphatic carbocycles. The Morgan fingerprint density at radius 1 is 1.25 bits per heavy atom. The minimum Gasteiger partial charge on any atom is -0.504 e. The van der Waals surface area contributed by atoms with Gasteiger partial charge in [-0.3, -0.25) is 19.7 Å². The number of phenols is 1. The molecule has 2 amide bonds. The first-order valence-corrected chi connectivity index (χ1v) is 12.4. The summed E-state index contributed by atoms with van der Waals surface area (Å²) in [5, 5.41) is 43.2. The molecular weight excluding hydrogens is 587 g/mol. The number of nitro benzene ring substituents is 1. The van der Waals surface area contributed by atoms with Crippen LogP contribution in [0.25, 0.3) is 0 Å². The first kappa shape index (κ1) is 24.9. The number of nitrogens with zero attached hydrogens (tertiary/aromatic N) is 2. The predicted octanol–water partition coefficient (Wildman–Crippen LogP) is 2.50. The van der Waals surface area contributed by atoms with E-state index in [-0.39, 0.29) is 35.7 Å². The molecule has 12 heteroatoms. The fourth-order valence-corrected chi connectivity index (χ4v) is 6.46. The standard InChI is InChI=1S/C24H23IN2O9/c1-35-19-6-11(5-17(25)21(19)29)18-9-16-20-15(7-12(10-28)24(16,32)36-18)22(30)26(23(20)31)13-3-2-4-14(8-13)27(33)34/h2-6,8,12,15-16,18,20,28-29,32H,7,9-10H2,1H3/t12-,15+,16+,18+,20+,24-/m1/s1. The average Bonchev–Trinajstić information content (AvgIpc) is 3.33. The lowest BCUT2D eigenvalue weighted by molar-refractivity contribution is -0.384. The summed E-state index contributed by atoms with van der Waals surface area (Å²) >= 11 is 1.95. The van der Waals surface area contributed by atoms with Crippen LogP contribution < -0.4 is 9.64 Å². The van der Waals surface area contributed by atoms with Crippen molar-refractivity contribution in [3.05, 3.63) is 55.6 Å². The second kappa shape index (κ2) is 8.94. The lowest BCUT2D eigenvalue weighted by Crippen LogP contribution is -2.54. The fourth-order valence-electron chi connectivity index (χ4n) is 5.84. The van der Waals surface area contributed by atoms with Gasteiger partial charge in [-0.1, -0.05) is 6.07 Å². The molecule has 2 aromatic rings. The highest BCUT2D eigenvalue weighted by Crippen LogP contribution is 2.58. The lowest BCUT2D eigenvalue weighted by atomic mass is 9.64. The van der Waals surface area contributed by atoms with E-state index >= 15 is 0 Å². The number of benzene rings is 2. The Bertz CT molecular complexity index is 1270. The third-order valence-corrected chi connectivity index (χ3v) is 8.35. The number of imide groups is 1. The van der Waals surface area contributed by atoms with E-state index in [1.807, 2.05) is 22.6 Å². The summed E-state index contributed by atoms with van der Waals surface area (Å²) in [4.78, 5) is 38.6. The molecule has 1 saturated carbocycles. The number of fused-ring (bicyclic) bond motifs is 3. The summed E-state index contributed by atoms with van der Waals surface area (Å²) in [6.45, 7) is -0.461. The maximum Gasteiger partial charge on any atom is 0.271 e. The van der Waals surface area contributed by atoms with E-state index < -0.39 is 58.9 Å². The predicted molar refractivity (Wildman–Crippen MR) is 132 cm³/mol. The third-order valence-electron chi connectivity index (χ3n) is 7.53. The molecule has 11 nitrogen and oxygen atoms in total. The minimum atomic E-state index is -1.87. The van der Waals surface area contributed by atoms with Gasteiger partial charge in [0, 0.05) is 24.0 Å². The van der Waals surface area contributed by atoms with E-state index in [2.05, 4.69) is 0 Å². The van der Waals surface area contributed by atoms with Crippen molar-refractivity contribution in [3.63, 3.8) is 0 Å². The van der Waals surface area contributed by atoms with Crippen molar-refractivity contribution >= 4 is 45.8 Å². The molecule has 2 aliphatic heterocycles. The summed E-state index contributed by atoms with van der Waals surface area (Å²) in [6.07, 6.45) is -0.488. The third kappa shape index (κ3) is 3.66. The fraction of sp³-hybridized carbons (Fsp3) is 0.417. The van der Waals surface area contributed by atoms with Crippen LogP contribution in [0.5, 0.6) is 11.5 Å². The number of hydrogen-bond acceptors (Lipinski definition) is 9. The van der Waals surface area contributed by atoms with Crippen LogP contribution in [0.1, 0.15) is 24.5 Å². The van der Waals surface area contributed by atoms with Gasteiger partial charge in [0.1, 0.15) is 0 Å². The van der Waals surface area contributed by atoms with Crippen LogP contribution in [0, 0.1) is 37.4 Å². The number of aliphatic hydroxyl groups is 2. The van der Waals surface area contributed by atoms with Crippen LogP contribution in [-0.2, 0) is 14.3 Å². The van der Waals surface area contributed by atoms with Crippen molar-refractivity contribution in [3.8, 4) is 11.5 Å². The Kier molecular flexibility index (Phi) is 6.17. The number of methoxy groups -OCH3 is 1.